The number of benzene rings is 1. The highest BCUT2D eigenvalue weighted by Crippen LogP contribution is 2.31. The Balaban J connectivity index is 2.25. The summed E-state index contributed by atoms with van der Waals surface area (Å²) in [6.45, 7) is 2.67. The van der Waals surface area contributed by atoms with Crippen molar-refractivity contribution in [3.8, 4) is 5.75 Å². The Morgan fingerprint density at radius 2 is 1.75 bits per heavy atom. The molecule has 0 spiro atoms. The molecule has 0 amide bonds. The van der Waals surface area contributed by atoms with Gasteiger partial charge in [-0.2, -0.15) is 0 Å². The lowest BCUT2D eigenvalue weighted by Crippen LogP contribution is -2.42. The lowest BCUT2D eigenvalue weighted by atomic mass is 10.2. The van der Waals surface area contributed by atoms with Crippen LogP contribution in [0.5, 0.6) is 5.75 Å². The molecular weight excluding hydrogens is 338 g/mol. The molecule has 0 radical (unpaired) electrons. The van der Waals surface area contributed by atoms with Crippen molar-refractivity contribution < 1.29 is 41.4 Å². The smallest absolute Gasteiger partial charge is 0.419 e. The highest BCUT2D eigenvalue weighted by molar-refractivity contribution is 6.15. The van der Waals surface area contributed by atoms with Crippen molar-refractivity contribution in [3.05, 3.63) is 35.8 Å². The SMILES string of the molecule is CC1(C)OC(=O)C(=CNc2ccc(F)cc2OC(F)(F)F)C(=O)O1. The van der Waals surface area contributed by atoms with E-state index in [-0.39, 0.29) is 5.69 Å². The molecule has 0 saturated carbocycles. The van der Waals surface area contributed by atoms with Crippen LogP contribution in [0.4, 0.5) is 23.2 Å². The number of halogens is 4. The Labute approximate surface area is 133 Å². The summed E-state index contributed by atoms with van der Waals surface area (Å²) in [6, 6.07) is 2.30. The number of carbonyl (C=O) groups is 2. The standard InChI is InChI=1S/C14H11F4NO5/c1-13(2)23-11(20)8(12(21)24-13)6-19-9-4-3-7(15)5-10(9)22-14(16,17)18/h3-6,19H,1-2H3. The first-order valence-corrected chi connectivity index (χ1v) is 6.45. The zero-order valence-electron chi connectivity index (χ0n) is 12.4. The molecule has 1 saturated heterocycles. The van der Waals surface area contributed by atoms with Crippen LogP contribution < -0.4 is 10.1 Å². The van der Waals surface area contributed by atoms with E-state index < -0.39 is 41.2 Å². The summed E-state index contributed by atoms with van der Waals surface area (Å²) in [5.41, 5.74) is -0.900. The Bertz CT molecular complexity index is 690. The summed E-state index contributed by atoms with van der Waals surface area (Å²) in [7, 11) is 0. The fraction of sp³-hybridized carbons (Fsp3) is 0.286. The van der Waals surface area contributed by atoms with E-state index in [0.29, 0.717) is 6.07 Å². The van der Waals surface area contributed by atoms with Gasteiger partial charge in [0.2, 0.25) is 0 Å². The molecule has 0 aromatic heterocycles. The van der Waals surface area contributed by atoms with Crippen LogP contribution in [0.1, 0.15) is 13.8 Å². The minimum atomic E-state index is -5.05. The van der Waals surface area contributed by atoms with E-state index >= 15 is 0 Å². The van der Waals surface area contributed by atoms with Crippen molar-refractivity contribution in [2.75, 3.05) is 5.32 Å². The van der Waals surface area contributed by atoms with E-state index in [1.54, 1.807) is 0 Å². The van der Waals surface area contributed by atoms with Crippen molar-refractivity contribution in [1.29, 1.82) is 0 Å². The highest BCUT2D eigenvalue weighted by Gasteiger charge is 2.39. The number of carbonyl (C=O) groups excluding carboxylic acids is 2. The number of cyclic esters (lactones) is 2. The Morgan fingerprint density at radius 3 is 2.29 bits per heavy atom. The average molecular weight is 349 g/mol. The van der Waals surface area contributed by atoms with Crippen molar-refractivity contribution >= 4 is 17.6 Å². The number of esters is 2. The number of hydrogen-bond donors (Lipinski definition) is 1. The van der Waals surface area contributed by atoms with Gasteiger partial charge in [0, 0.05) is 26.1 Å². The Morgan fingerprint density at radius 1 is 1.17 bits per heavy atom. The van der Waals surface area contributed by atoms with E-state index in [0.717, 1.165) is 18.3 Å². The van der Waals surface area contributed by atoms with E-state index in [9.17, 15) is 27.2 Å². The van der Waals surface area contributed by atoms with Crippen LogP contribution >= 0.6 is 0 Å². The number of nitrogens with one attached hydrogen (secondary N) is 1. The van der Waals surface area contributed by atoms with Crippen LogP contribution in [0.3, 0.4) is 0 Å². The van der Waals surface area contributed by atoms with Crippen LogP contribution in [0.2, 0.25) is 0 Å². The molecule has 0 unspecified atom stereocenters. The number of anilines is 1. The molecule has 1 aliphatic heterocycles. The summed E-state index contributed by atoms with van der Waals surface area (Å²) < 4.78 is 63.4. The van der Waals surface area contributed by atoms with Gasteiger partial charge in [-0.15, -0.1) is 13.2 Å². The van der Waals surface area contributed by atoms with Gasteiger partial charge in [-0.05, 0) is 12.1 Å². The van der Waals surface area contributed by atoms with E-state index in [1.165, 1.54) is 13.8 Å². The second kappa shape index (κ2) is 6.02. The van der Waals surface area contributed by atoms with Crippen LogP contribution in [0, 0.1) is 5.82 Å². The van der Waals surface area contributed by atoms with Gasteiger partial charge < -0.3 is 19.5 Å². The van der Waals surface area contributed by atoms with Crippen molar-refractivity contribution in [1.82, 2.24) is 0 Å². The molecule has 1 N–H and O–H groups in total. The lowest BCUT2D eigenvalue weighted by molar-refractivity contribution is -0.274. The summed E-state index contributed by atoms with van der Waals surface area (Å²) in [5, 5.41) is 2.27. The number of alkyl halides is 3. The fourth-order valence-corrected chi connectivity index (χ4v) is 1.75. The first-order valence-electron chi connectivity index (χ1n) is 6.45. The molecule has 0 atom stereocenters. The topological polar surface area (TPSA) is 73.9 Å². The van der Waals surface area contributed by atoms with Gasteiger partial charge >= 0.3 is 18.3 Å². The quantitative estimate of drug-likeness (QED) is 0.392. The van der Waals surface area contributed by atoms with Gasteiger partial charge in [0.1, 0.15) is 5.82 Å². The fourth-order valence-electron chi connectivity index (χ4n) is 1.75. The Hall–Kier alpha value is -2.78. The third-order valence-corrected chi connectivity index (χ3v) is 2.66. The first kappa shape index (κ1) is 17.6. The van der Waals surface area contributed by atoms with Gasteiger partial charge in [0.05, 0.1) is 5.69 Å². The minimum Gasteiger partial charge on any atom is -0.419 e. The summed E-state index contributed by atoms with van der Waals surface area (Å²) in [5.74, 6) is -5.34. The molecule has 2 rings (SSSR count). The zero-order chi connectivity index (χ0) is 18.1. The maximum Gasteiger partial charge on any atom is 0.573 e. The monoisotopic (exact) mass is 349 g/mol. The Kier molecular flexibility index (Phi) is 4.41. The molecule has 1 aromatic rings. The van der Waals surface area contributed by atoms with Gasteiger partial charge in [0.25, 0.3) is 5.79 Å². The number of rotatable bonds is 3. The first-order chi connectivity index (χ1) is 11.0. The van der Waals surface area contributed by atoms with Crippen LogP contribution in [0.25, 0.3) is 0 Å². The van der Waals surface area contributed by atoms with Crippen LogP contribution in [0.15, 0.2) is 30.0 Å². The normalized spacial score (nSPS) is 17.0. The highest BCUT2D eigenvalue weighted by atomic mass is 19.4. The van der Waals surface area contributed by atoms with Crippen molar-refractivity contribution in [3.63, 3.8) is 0 Å². The second-order valence-corrected chi connectivity index (χ2v) is 5.07. The van der Waals surface area contributed by atoms with Gasteiger partial charge in [0.15, 0.2) is 11.3 Å². The van der Waals surface area contributed by atoms with Crippen molar-refractivity contribution in [2.45, 2.75) is 26.0 Å². The van der Waals surface area contributed by atoms with Gasteiger partial charge in [-0.3, -0.25) is 0 Å². The maximum absolute atomic E-state index is 13.1. The molecule has 10 heteroatoms. The zero-order valence-corrected chi connectivity index (χ0v) is 12.4. The molecule has 24 heavy (non-hydrogen) atoms. The van der Waals surface area contributed by atoms with Gasteiger partial charge in [-0.25, -0.2) is 14.0 Å². The predicted molar refractivity (Wildman–Crippen MR) is 71.1 cm³/mol. The molecule has 130 valence electrons. The average Bonchev–Trinajstić information content (AvgIpc) is 2.36. The molecule has 1 aliphatic rings. The largest absolute Gasteiger partial charge is 0.573 e. The van der Waals surface area contributed by atoms with Gasteiger partial charge in [-0.1, -0.05) is 0 Å². The van der Waals surface area contributed by atoms with Crippen LogP contribution in [-0.4, -0.2) is 24.1 Å². The third kappa shape index (κ3) is 4.37. The van der Waals surface area contributed by atoms with E-state index in [1.807, 2.05) is 0 Å². The second-order valence-electron chi connectivity index (χ2n) is 5.07. The van der Waals surface area contributed by atoms with E-state index in [4.69, 9.17) is 9.47 Å². The number of hydrogen-bond acceptors (Lipinski definition) is 6. The molecule has 1 aromatic carbocycles. The van der Waals surface area contributed by atoms with Crippen LogP contribution in [-0.2, 0) is 19.1 Å². The number of ether oxygens (including phenoxy) is 3. The predicted octanol–water partition coefficient (Wildman–Crippen LogP) is 2.86. The molecule has 1 fully saturated rings. The minimum absolute atomic E-state index is 0.327. The molecule has 6 nitrogen and oxygen atoms in total. The maximum atomic E-state index is 13.1. The summed E-state index contributed by atoms with van der Waals surface area (Å²) in [6.07, 6.45) is -4.26. The third-order valence-electron chi connectivity index (χ3n) is 2.66. The molecule has 0 bridgehead atoms. The lowest BCUT2D eigenvalue weighted by Gasteiger charge is -2.29. The molecule has 1 heterocycles. The molecular formula is C14H11F4NO5. The molecule has 0 aliphatic carbocycles. The van der Waals surface area contributed by atoms with Crippen molar-refractivity contribution in [2.24, 2.45) is 0 Å². The summed E-state index contributed by atoms with van der Waals surface area (Å²) >= 11 is 0. The van der Waals surface area contributed by atoms with E-state index in [2.05, 4.69) is 10.1 Å². The summed E-state index contributed by atoms with van der Waals surface area (Å²) in [4.78, 5) is 23.4.